The van der Waals surface area contributed by atoms with E-state index >= 15 is 0 Å². The Bertz CT molecular complexity index is 310. The van der Waals surface area contributed by atoms with E-state index in [4.69, 9.17) is 0 Å². The molecule has 17 heavy (non-hydrogen) atoms. The maximum atomic E-state index is 12.5. The lowest BCUT2D eigenvalue weighted by Gasteiger charge is -2.26. The maximum Gasteiger partial charge on any atom is 0.460 e. The summed E-state index contributed by atoms with van der Waals surface area (Å²) in [4.78, 5) is 0. The highest BCUT2D eigenvalue weighted by atomic mass is 35.5. The molecule has 0 rings (SSSR count). The van der Waals surface area contributed by atoms with Gasteiger partial charge < -0.3 is 0 Å². The van der Waals surface area contributed by atoms with Crippen LogP contribution in [0.15, 0.2) is 11.1 Å². The SMILES string of the molecule is FC(F)(Cl)/C(Cl)=C\C(F)(F)C(F)(F)C(F)(F)F. The van der Waals surface area contributed by atoms with Gasteiger partial charge in [-0.15, -0.1) is 0 Å². The Hall–Kier alpha value is -0.310. The summed E-state index contributed by atoms with van der Waals surface area (Å²) in [5, 5.41) is -7.01. The van der Waals surface area contributed by atoms with Crippen molar-refractivity contribution in [1.82, 2.24) is 0 Å². The summed E-state index contributed by atoms with van der Waals surface area (Å²) < 4.78 is 108. The highest BCUT2D eigenvalue weighted by Crippen LogP contribution is 2.48. The van der Waals surface area contributed by atoms with Crippen LogP contribution in [0.2, 0.25) is 0 Å². The number of rotatable bonds is 3. The van der Waals surface area contributed by atoms with Crippen LogP contribution in [0.4, 0.5) is 39.5 Å². The third-order valence-corrected chi connectivity index (χ3v) is 2.00. The van der Waals surface area contributed by atoms with Crippen molar-refractivity contribution in [2.75, 3.05) is 0 Å². The normalized spacial score (nSPS) is 16.3. The van der Waals surface area contributed by atoms with Crippen LogP contribution >= 0.6 is 23.2 Å². The molecular weight excluding hydrogens is 314 g/mol. The maximum absolute atomic E-state index is 12.5. The molecule has 0 fully saturated rings. The first kappa shape index (κ1) is 16.7. The minimum Gasteiger partial charge on any atom is -0.195 e. The standard InChI is InChI=1S/C6HCl2F9/c7-2(4(8,11)12)1-3(9,10)5(13,14)6(15,16)17/h1H/b2-1+. The molecule has 0 heterocycles. The highest BCUT2D eigenvalue weighted by Gasteiger charge is 2.72. The molecule has 0 aliphatic heterocycles. The van der Waals surface area contributed by atoms with E-state index in [-0.39, 0.29) is 0 Å². The smallest absolute Gasteiger partial charge is 0.195 e. The van der Waals surface area contributed by atoms with E-state index in [2.05, 4.69) is 23.2 Å². The fraction of sp³-hybridized carbons (Fsp3) is 0.667. The van der Waals surface area contributed by atoms with Gasteiger partial charge in [0, 0.05) is 6.08 Å². The van der Waals surface area contributed by atoms with E-state index in [1.165, 1.54) is 0 Å². The van der Waals surface area contributed by atoms with Gasteiger partial charge in [0.05, 0.1) is 0 Å². The summed E-state index contributed by atoms with van der Waals surface area (Å²) >= 11 is 8.46. The predicted molar refractivity (Wildman–Crippen MR) is 40.7 cm³/mol. The largest absolute Gasteiger partial charge is 0.460 e. The van der Waals surface area contributed by atoms with Crippen molar-refractivity contribution in [1.29, 1.82) is 0 Å². The Morgan fingerprint density at radius 1 is 0.824 bits per heavy atom. The van der Waals surface area contributed by atoms with E-state index in [9.17, 15) is 39.5 Å². The summed E-state index contributed by atoms with van der Waals surface area (Å²) in [7, 11) is 0. The molecule has 102 valence electrons. The molecule has 0 aromatic heterocycles. The Morgan fingerprint density at radius 2 is 1.18 bits per heavy atom. The zero-order chi connectivity index (χ0) is 14.3. The van der Waals surface area contributed by atoms with Gasteiger partial charge >= 0.3 is 23.4 Å². The highest BCUT2D eigenvalue weighted by molar-refractivity contribution is 6.38. The summed E-state index contributed by atoms with van der Waals surface area (Å²) in [5.74, 6) is -12.5. The second kappa shape index (κ2) is 4.42. The third kappa shape index (κ3) is 3.57. The summed E-state index contributed by atoms with van der Waals surface area (Å²) in [6.45, 7) is 0. The first-order valence-electron chi connectivity index (χ1n) is 3.41. The average molecular weight is 315 g/mol. The quantitative estimate of drug-likeness (QED) is 0.520. The first-order chi connectivity index (χ1) is 7.13. The molecular formula is C6HCl2F9. The van der Waals surface area contributed by atoms with Crippen molar-refractivity contribution in [3.05, 3.63) is 11.1 Å². The van der Waals surface area contributed by atoms with Crippen LogP contribution in [0.1, 0.15) is 0 Å². The lowest BCUT2D eigenvalue weighted by atomic mass is 10.1. The molecule has 0 amide bonds. The minimum atomic E-state index is -6.63. The van der Waals surface area contributed by atoms with Gasteiger partial charge in [0.15, 0.2) is 0 Å². The molecule has 0 unspecified atom stereocenters. The molecule has 0 atom stereocenters. The van der Waals surface area contributed by atoms with Crippen molar-refractivity contribution in [3.8, 4) is 0 Å². The molecule has 0 bridgehead atoms. The summed E-state index contributed by atoms with van der Waals surface area (Å²) in [6.07, 6.45) is -8.07. The van der Waals surface area contributed by atoms with Gasteiger partial charge in [0.1, 0.15) is 5.03 Å². The van der Waals surface area contributed by atoms with E-state index in [1.54, 1.807) is 0 Å². The first-order valence-corrected chi connectivity index (χ1v) is 4.16. The molecule has 0 aromatic rings. The molecule has 0 radical (unpaired) electrons. The molecule has 0 aliphatic rings. The van der Waals surface area contributed by atoms with Crippen LogP contribution < -0.4 is 0 Å². The Morgan fingerprint density at radius 3 is 1.41 bits per heavy atom. The second-order valence-electron chi connectivity index (χ2n) is 2.69. The molecule has 0 spiro atoms. The number of hydrogen-bond donors (Lipinski definition) is 0. The van der Waals surface area contributed by atoms with Crippen molar-refractivity contribution in [3.63, 3.8) is 0 Å². The monoisotopic (exact) mass is 314 g/mol. The van der Waals surface area contributed by atoms with Gasteiger partial charge in [-0.25, -0.2) is 0 Å². The molecule has 0 aliphatic carbocycles. The molecule has 0 saturated carbocycles. The average Bonchev–Trinajstić information content (AvgIpc) is 1.98. The lowest BCUT2D eigenvalue weighted by Crippen LogP contribution is -2.51. The van der Waals surface area contributed by atoms with Crippen LogP contribution in [0, 0.1) is 0 Å². The van der Waals surface area contributed by atoms with E-state index < -0.39 is 34.5 Å². The Balaban J connectivity index is 5.45. The topological polar surface area (TPSA) is 0 Å². The summed E-state index contributed by atoms with van der Waals surface area (Å²) in [5.41, 5.74) is 0. The number of hydrogen-bond acceptors (Lipinski definition) is 0. The van der Waals surface area contributed by atoms with Crippen LogP contribution in [0.5, 0.6) is 0 Å². The minimum absolute atomic E-state index is 1.44. The number of allylic oxidation sites excluding steroid dienone is 2. The molecule has 0 aromatic carbocycles. The van der Waals surface area contributed by atoms with Gasteiger partial charge in [-0.3, -0.25) is 0 Å². The van der Waals surface area contributed by atoms with Gasteiger partial charge in [-0.2, -0.15) is 39.5 Å². The molecule has 0 N–H and O–H groups in total. The Labute approximate surface area is 98.0 Å². The van der Waals surface area contributed by atoms with Crippen molar-refractivity contribution < 1.29 is 39.5 Å². The lowest BCUT2D eigenvalue weighted by molar-refractivity contribution is -0.342. The number of halogens is 11. The molecule has 11 heteroatoms. The van der Waals surface area contributed by atoms with Crippen LogP contribution in [-0.2, 0) is 0 Å². The van der Waals surface area contributed by atoms with Gasteiger partial charge in [-0.1, -0.05) is 11.6 Å². The fourth-order valence-electron chi connectivity index (χ4n) is 0.521. The zero-order valence-corrected chi connectivity index (χ0v) is 8.75. The Kier molecular flexibility index (Phi) is 4.34. The fourth-order valence-corrected chi connectivity index (χ4v) is 0.712. The second-order valence-corrected chi connectivity index (χ2v) is 3.57. The van der Waals surface area contributed by atoms with Crippen LogP contribution in [-0.4, -0.2) is 23.4 Å². The third-order valence-electron chi connectivity index (χ3n) is 1.35. The van der Waals surface area contributed by atoms with Crippen molar-refractivity contribution in [2.24, 2.45) is 0 Å². The van der Waals surface area contributed by atoms with E-state index in [0.717, 1.165) is 0 Å². The predicted octanol–water partition coefficient (Wildman–Crippen LogP) is 4.77. The summed E-state index contributed by atoms with van der Waals surface area (Å²) in [6, 6.07) is 0. The van der Waals surface area contributed by atoms with Crippen LogP contribution in [0.3, 0.4) is 0 Å². The molecule has 0 saturated heterocycles. The van der Waals surface area contributed by atoms with Crippen LogP contribution in [0.25, 0.3) is 0 Å². The van der Waals surface area contributed by atoms with E-state index in [0.29, 0.717) is 0 Å². The van der Waals surface area contributed by atoms with Crippen molar-refractivity contribution >= 4 is 23.2 Å². The van der Waals surface area contributed by atoms with Gasteiger partial charge in [0.2, 0.25) is 0 Å². The molecule has 0 nitrogen and oxygen atoms in total. The van der Waals surface area contributed by atoms with Gasteiger partial charge in [0.25, 0.3) is 0 Å². The number of alkyl halides is 10. The zero-order valence-electron chi connectivity index (χ0n) is 7.23. The van der Waals surface area contributed by atoms with Crippen molar-refractivity contribution in [2.45, 2.75) is 23.4 Å². The van der Waals surface area contributed by atoms with E-state index in [1.807, 2.05) is 0 Å². The van der Waals surface area contributed by atoms with Gasteiger partial charge in [-0.05, 0) is 11.6 Å².